The van der Waals surface area contributed by atoms with Gasteiger partial charge in [-0.15, -0.1) is 0 Å². The highest BCUT2D eigenvalue weighted by molar-refractivity contribution is 7.88. The maximum atomic E-state index is 12.1. The lowest BCUT2D eigenvalue weighted by Crippen LogP contribution is -2.47. The number of carbonyl (C=O) groups excluding carboxylic acids is 1. The van der Waals surface area contributed by atoms with Crippen molar-refractivity contribution in [1.29, 1.82) is 0 Å². The fraction of sp³-hybridized carbons (Fsp3) is 0.917. The zero-order valence-electron chi connectivity index (χ0n) is 11.4. The van der Waals surface area contributed by atoms with Crippen LogP contribution in [0, 0.1) is 0 Å². The van der Waals surface area contributed by atoms with Crippen LogP contribution < -0.4 is 10.0 Å². The summed E-state index contributed by atoms with van der Waals surface area (Å²) >= 11 is 0. The average Bonchev–Trinajstić information content (AvgIpc) is 2.80. The standard InChI is InChI=1S/C12H23N3O3S/c1-19(17,18)14-10-4-7-15(8-5-10)12(16)9-11-3-2-6-13-11/h10-11,13-14H,2-9H2,1H3. The van der Waals surface area contributed by atoms with Gasteiger partial charge in [-0.1, -0.05) is 0 Å². The average molecular weight is 289 g/mol. The highest BCUT2D eigenvalue weighted by atomic mass is 32.2. The second-order valence-electron chi connectivity index (χ2n) is 5.54. The van der Waals surface area contributed by atoms with E-state index in [9.17, 15) is 13.2 Å². The Labute approximate surface area is 115 Å². The van der Waals surface area contributed by atoms with Crippen molar-refractivity contribution in [3.63, 3.8) is 0 Å². The molecule has 2 fully saturated rings. The predicted molar refractivity (Wildman–Crippen MR) is 73.2 cm³/mol. The number of sulfonamides is 1. The molecule has 0 aromatic heterocycles. The smallest absolute Gasteiger partial charge is 0.224 e. The Bertz CT molecular complexity index is 410. The first kappa shape index (κ1) is 14.7. The maximum Gasteiger partial charge on any atom is 0.224 e. The summed E-state index contributed by atoms with van der Waals surface area (Å²) in [5, 5.41) is 3.33. The Hall–Kier alpha value is -0.660. The van der Waals surface area contributed by atoms with Crippen LogP contribution in [0.25, 0.3) is 0 Å². The van der Waals surface area contributed by atoms with E-state index in [2.05, 4.69) is 10.0 Å². The van der Waals surface area contributed by atoms with Crippen molar-refractivity contribution in [3.8, 4) is 0 Å². The molecule has 0 radical (unpaired) electrons. The van der Waals surface area contributed by atoms with Gasteiger partial charge in [-0.25, -0.2) is 13.1 Å². The van der Waals surface area contributed by atoms with Crippen LogP contribution in [0.4, 0.5) is 0 Å². The Morgan fingerprint density at radius 2 is 2.00 bits per heavy atom. The van der Waals surface area contributed by atoms with E-state index in [0.29, 0.717) is 38.4 Å². The van der Waals surface area contributed by atoms with Gasteiger partial charge in [0.15, 0.2) is 0 Å². The third-order valence-electron chi connectivity index (χ3n) is 3.81. The van der Waals surface area contributed by atoms with Gasteiger partial charge in [-0.05, 0) is 32.2 Å². The van der Waals surface area contributed by atoms with Crippen LogP contribution >= 0.6 is 0 Å². The molecule has 2 heterocycles. The highest BCUT2D eigenvalue weighted by Gasteiger charge is 2.26. The fourth-order valence-electron chi connectivity index (χ4n) is 2.82. The topological polar surface area (TPSA) is 78.5 Å². The van der Waals surface area contributed by atoms with Gasteiger partial charge in [0.05, 0.1) is 6.26 Å². The quantitative estimate of drug-likeness (QED) is 0.743. The number of hydrogen-bond donors (Lipinski definition) is 2. The lowest BCUT2D eigenvalue weighted by molar-refractivity contribution is -0.132. The molecule has 2 aliphatic heterocycles. The second kappa shape index (κ2) is 6.19. The van der Waals surface area contributed by atoms with E-state index in [1.165, 1.54) is 6.26 Å². The number of carbonyl (C=O) groups is 1. The van der Waals surface area contributed by atoms with E-state index >= 15 is 0 Å². The minimum absolute atomic E-state index is 0.0244. The summed E-state index contributed by atoms with van der Waals surface area (Å²) < 4.78 is 24.9. The summed E-state index contributed by atoms with van der Waals surface area (Å²) in [7, 11) is -3.14. The van der Waals surface area contributed by atoms with E-state index in [0.717, 1.165) is 19.4 Å². The molecule has 0 spiro atoms. The van der Waals surface area contributed by atoms with Crippen LogP contribution in [-0.2, 0) is 14.8 Å². The van der Waals surface area contributed by atoms with Crippen molar-refractivity contribution in [3.05, 3.63) is 0 Å². The van der Waals surface area contributed by atoms with Crippen molar-refractivity contribution in [1.82, 2.24) is 14.9 Å². The summed E-state index contributed by atoms with van der Waals surface area (Å²) in [4.78, 5) is 14.0. The number of amides is 1. The number of nitrogens with zero attached hydrogens (tertiary/aromatic N) is 1. The zero-order valence-corrected chi connectivity index (χ0v) is 12.2. The molecule has 1 unspecified atom stereocenters. The molecule has 110 valence electrons. The van der Waals surface area contributed by atoms with E-state index in [1.54, 1.807) is 0 Å². The molecular weight excluding hydrogens is 266 g/mol. The SMILES string of the molecule is CS(=O)(=O)NC1CCN(C(=O)CC2CCCN2)CC1. The second-order valence-corrected chi connectivity index (χ2v) is 7.32. The van der Waals surface area contributed by atoms with Crippen LogP contribution in [0.5, 0.6) is 0 Å². The molecule has 2 N–H and O–H groups in total. The van der Waals surface area contributed by atoms with Gasteiger partial charge in [-0.3, -0.25) is 4.79 Å². The summed E-state index contributed by atoms with van der Waals surface area (Å²) in [5.74, 6) is 0.192. The first-order valence-electron chi connectivity index (χ1n) is 6.92. The predicted octanol–water partition coefficient (Wildman–Crippen LogP) is -0.331. The first-order valence-corrected chi connectivity index (χ1v) is 8.81. The van der Waals surface area contributed by atoms with Crippen molar-refractivity contribution in [2.24, 2.45) is 0 Å². The molecule has 0 bridgehead atoms. The Morgan fingerprint density at radius 3 is 2.53 bits per heavy atom. The van der Waals surface area contributed by atoms with Gasteiger partial charge in [0, 0.05) is 31.6 Å². The van der Waals surface area contributed by atoms with E-state index < -0.39 is 10.0 Å². The molecule has 6 nitrogen and oxygen atoms in total. The third kappa shape index (κ3) is 4.74. The van der Waals surface area contributed by atoms with Gasteiger partial charge in [-0.2, -0.15) is 0 Å². The molecule has 7 heteroatoms. The third-order valence-corrected chi connectivity index (χ3v) is 4.57. The largest absolute Gasteiger partial charge is 0.343 e. The molecule has 19 heavy (non-hydrogen) atoms. The first-order chi connectivity index (χ1) is 8.94. The Morgan fingerprint density at radius 1 is 1.32 bits per heavy atom. The number of piperidine rings is 1. The summed E-state index contributed by atoms with van der Waals surface area (Å²) in [6.45, 7) is 2.32. The highest BCUT2D eigenvalue weighted by Crippen LogP contribution is 2.15. The summed E-state index contributed by atoms with van der Waals surface area (Å²) in [6, 6.07) is 0.308. The van der Waals surface area contributed by atoms with E-state index in [1.807, 2.05) is 4.90 Å². The van der Waals surface area contributed by atoms with Gasteiger partial charge >= 0.3 is 0 Å². The Kier molecular flexibility index (Phi) is 4.81. The lowest BCUT2D eigenvalue weighted by atomic mass is 10.0. The van der Waals surface area contributed by atoms with Crippen LogP contribution in [0.2, 0.25) is 0 Å². The molecule has 0 aliphatic carbocycles. The normalized spacial score (nSPS) is 25.7. The van der Waals surface area contributed by atoms with Crippen LogP contribution in [0.15, 0.2) is 0 Å². The molecular formula is C12H23N3O3S. The molecule has 1 amide bonds. The van der Waals surface area contributed by atoms with E-state index in [-0.39, 0.29) is 11.9 Å². The molecule has 2 aliphatic rings. The molecule has 2 rings (SSSR count). The summed E-state index contributed by atoms with van der Waals surface area (Å²) in [6.07, 6.45) is 5.39. The van der Waals surface area contributed by atoms with Gasteiger partial charge in [0.2, 0.25) is 15.9 Å². The molecule has 1 atom stereocenters. The number of hydrogen-bond acceptors (Lipinski definition) is 4. The van der Waals surface area contributed by atoms with Crippen molar-refractivity contribution < 1.29 is 13.2 Å². The summed E-state index contributed by atoms with van der Waals surface area (Å²) in [5.41, 5.74) is 0. The monoisotopic (exact) mass is 289 g/mol. The number of nitrogens with one attached hydrogen (secondary N) is 2. The molecule has 2 saturated heterocycles. The van der Waals surface area contributed by atoms with Gasteiger partial charge < -0.3 is 10.2 Å². The van der Waals surface area contributed by atoms with Crippen LogP contribution in [0.1, 0.15) is 32.1 Å². The molecule has 0 aromatic carbocycles. The van der Waals surface area contributed by atoms with Gasteiger partial charge in [0.1, 0.15) is 0 Å². The van der Waals surface area contributed by atoms with Crippen molar-refractivity contribution >= 4 is 15.9 Å². The molecule has 0 saturated carbocycles. The Balaban J connectivity index is 1.74. The number of likely N-dealkylation sites (tertiary alicyclic amines) is 1. The van der Waals surface area contributed by atoms with Crippen LogP contribution in [-0.4, -0.2) is 57.2 Å². The van der Waals surface area contributed by atoms with E-state index in [4.69, 9.17) is 0 Å². The fourth-order valence-corrected chi connectivity index (χ4v) is 3.66. The molecule has 0 aromatic rings. The lowest BCUT2D eigenvalue weighted by Gasteiger charge is -2.32. The minimum atomic E-state index is -3.14. The van der Waals surface area contributed by atoms with Crippen molar-refractivity contribution in [2.75, 3.05) is 25.9 Å². The number of rotatable bonds is 4. The van der Waals surface area contributed by atoms with Crippen molar-refractivity contribution in [2.45, 2.75) is 44.2 Å². The van der Waals surface area contributed by atoms with Gasteiger partial charge in [0.25, 0.3) is 0 Å². The zero-order chi connectivity index (χ0) is 13.9. The van der Waals surface area contributed by atoms with Crippen LogP contribution in [0.3, 0.4) is 0 Å². The minimum Gasteiger partial charge on any atom is -0.343 e. The maximum absolute atomic E-state index is 12.1.